The van der Waals surface area contributed by atoms with Crippen LogP contribution in [0.25, 0.3) is 0 Å². The van der Waals surface area contributed by atoms with Gasteiger partial charge in [-0.05, 0) is 116 Å². The lowest BCUT2D eigenvalue weighted by Crippen LogP contribution is -2.59. The number of nitrogens with zero attached hydrogens (tertiary/aromatic N) is 3. The molecule has 1 aromatic carbocycles. The Morgan fingerprint density at radius 2 is 0.846 bits per heavy atom. The van der Waals surface area contributed by atoms with E-state index in [-0.39, 0.29) is 113 Å². The number of carboxylic acids is 2. The summed E-state index contributed by atoms with van der Waals surface area (Å²) in [5.74, 6) is -10.4. The second kappa shape index (κ2) is 37.4. The third-order valence-corrected chi connectivity index (χ3v) is 11.3. The zero-order valence-electron chi connectivity index (χ0n) is 44.1. The molecular weight excluding hydrogens is 1020 g/mol. The maximum absolute atomic E-state index is 14.2. The molecule has 0 aliphatic rings. The molecule has 0 aliphatic heterocycles. The number of amides is 7. The Bertz CT molecular complexity index is 2250. The predicted octanol–water partition coefficient (Wildman–Crippen LogP) is -4.99. The maximum Gasteiger partial charge on any atom is 0.326 e. The molecule has 0 fully saturated rings. The molecule has 78 heavy (non-hydrogen) atoms. The van der Waals surface area contributed by atoms with Crippen LogP contribution < -0.4 is 87.8 Å². The number of hydrogen-bond acceptors (Lipinski definition) is 16. The van der Waals surface area contributed by atoms with Gasteiger partial charge in [0.15, 0.2) is 17.9 Å². The van der Waals surface area contributed by atoms with Crippen molar-refractivity contribution >= 4 is 77.1 Å². The Morgan fingerprint density at radius 1 is 0.487 bits per heavy atom. The number of nitrogens with two attached hydrogens (primary N) is 8. The van der Waals surface area contributed by atoms with Gasteiger partial charge in [-0.25, -0.2) is 4.79 Å². The monoisotopic (exact) mass is 1100 g/mol. The Balaban J connectivity index is 3.54. The van der Waals surface area contributed by atoms with Crippen molar-refractivity contribution in [2.24, 2.45) is 60.8 Å². The molecule has 31 nitrogen and oxygen atoms in total. The Hall–Kier alpha value is -8.35. The van der Waals surface area contributed by atoms with Gasteiger partial charge in [-0.15, -0.1) is 0 Å². The smallest absolute Gasteiger partial charge is 0.326 e. The summed E-state index contributed by atoms with van der Waals surface area (Å²) >= 11 is 0. The van der Waals surface area contributed by atoms with Crippen LogP contribution >= 0.6 is 0 Å². The highest BCUT2D eigenvalue weighted by atomic mass is 16.5. The molecule has 7 atom stereocenters. The first-order valence-electron chi connectivity index (χ1n) is 25.3. The van der Waals surface area contributed by atoms with E-state index in [9.17, 15) is 53.1 Å². The number of carboxylic acid groups (broad SMARTS) is 2. The predicted molar refractivity (Wildman–Crippen MR) is 286 cm³/mol. The van der Waals surface area contributed by atoms with E-state index in [1.165, 1.54) is 31.2 Å². The first-order chi connectivity index (χ1) is 36.9. The minimum Gasteiger partial charge on any atom is -0.481 e. The fourth-order valence-corrected chi connectivity index (χ4v) is 7.27. The molecule has 0 saturated heterocycles. The summed E-state index contributed by atoms with van der Waals surface area (Å²) in [5.41, 5.74) is 44.2. The topological polar surface area (TPSA) is 550 Å². The molecule has 0 aromatic heterocycles. The van der Waals surface area contributed by atoms with Crippen LogP contribution in [0.5, 0.6) is 5.75 Å². The summed E-state index contributed by atoms with van der Waals surface area (Å²) < 4.78 is 5.18. The number of carbonyl (C=O) groups is 10. The first kappa shape index (κ1) is 67.7. The number of benzene rings is 1. The average Bonchev–Trinajstić information content (AvgIpc) is 3.36. The fourth-order valence-electron chi connectivity index (χ4n) is 7.27. The van der Waals surface area contributed by atoms with Crippen LogP contribution in [0.3, 0.4) is 0 Å². The van der Waals surface area contributed by atoms with Crippen LogP contribution in [0, 0.1) is 0 Å². The maximum atomic E-state index is 14.2. The molecule has 0 unspecified atom stereocenters. The van der Waals surface area contributed by atoms with Gasteiger partial charge in [-0.3, -0.25) is 58.1 Å². The van der Waals surface area contributed by atoms with Gasteiger partial charge in [0.1, 0.15) is 48.0 Å². The molecule has 31 heteroatoms. The van der Waals surface area contributed by atoms with E-state index in [1.54, 1.807) is 0 Å². The van der Waals surface area contributed by atoms with E-state index in [0.717, 1.165) is 6.92 Å². The van der Waals surface area contributed by atoms with Crippen LogP contribution in [0.1, 0.15) is 114 Å². The number of nitrogens with one attached hydrogen (secondary N) is 7. The van der Waals surface area contributed by atoms with E-state index in [2.05, 4.69) is 52.2 Å². The summed E-state index contributed by atoms with van der Waals surface area (Å²) in [6.45, 7) is 2.98. The number of hydrogen-bond donors (Lipinski definition) is 17. The van der Waals surface area contributed by atoms with Crippen molar-refractivity contribution < 1.29 is 62.9 Å². The lowest BCUT2D eigenvalue weighted by Gasteiger charge is -2.27. The van der Waals surface area contributed by atoms with Crippen molar-refractivity contribution in [3.63, 3.8) is 0 Å². The Morgan fingerprint density at radius 3 is 1.22 bits per heavy atom. The van der Waals surface area contributed by atoms with E-state index >= 15 is 0 Å². The van der Waals surface area contributed by atoms with Crippen molar-refractivity contribution in [3.05, 3.63) is 29.8 Å². The van der Waals surface area contributed by atoms with Gasteiger partial charge in [0, 0.05) is 33.0 Å². The number of rotatable bonds is 39. The van der Waals surface area contributed by atoms with Gasteiger partial charge in [0.05, 0.1) is 5.56 Å². The van der Waals surface area contributed by atoms with Crippen molar-refractivity contribution in [1.82, 2.24) is 37.2 Å². The number of carbonyl (C=O) groups excluding carboxylic acids is 8. The molecule has 1 rings (SSSR count). The van der Waals surface area contributed by atoms with Crippen LogP contribution in [-0.4, -0.2) is 162 Å². The van der Waals surface area contributed by atoms with Crippen molar-refractivity contribution in [2.45, 2.75) is 146 Å². The third-order valence-electron chi connectivity index (χ3n) is 11.3. The fraction of sp³-hybridized carbons (Fsp3) is 0.596. The summed E-state index contributed by atoms with van der Waals surface area (Å²) in [7, 11) is 0. The van der Waals surface area contributed by atoms with Gasteiger partial charge >= 0.3 is 17.9 Å². The first-order valence-corrected chi connectivity index (χ1v) is 25.3. The zero-order valence-corrected chi connectivity index (χ0v) is 44.1. The van der Waals surface area contributed by atoms with Gasteiger partial charge in [0.2, 0.25) is 35.4 Å². The van der Waals surface area contributed by atoms with Gasteiger partial charge < -0.3 is 98.0 Å². The molecule has 0 spiro atoms. The lowest BCUT2D eigenvalue weighted by molar-refractivity contribution is -0.143. The largest absolute Gasteiger partial charge is 0.481 e. The number of ether oxygens (including phenoxy) is 1. The number of aliphatic imine (C=N–C) groups is 3. The highest BCUT2D eigenvalue weighted by Crippen LogP contribution is 2.19. The molecule has 0 radical (unpaired) electrons. The quantitative estimate of drug-likeness (QED) is 0.00965. The van der Waals surface area contributed by atoms with Gasteiger partial charge in [-0.2, -0.15) is 0 Å². The molecule has 0 saturated carbocycles. The SMILES string of the molecule is CC(=O)Oc1ccccc1C(=O)N[C@@H](CCCN=C(N)N)C(=O)N[C@@H](CCCCN)C(=O)N[C@@H](CCCN=C(N)N)C(=O)N[C@@H](C)C(=O)N[C@@H](CCCN=C(N)N)C(=O)N[C@@H](CCCCN)C(=O)N[C@@H](CCC(=O)O)C(=O)O. The number of esters is 1. The highest BCUT2D eigenvalue weighted by molar-refractivity contribution is 6.01. The normalized spacial score (nSPS) is 13.4. The molecule has 0 heterocycles. The number of para-hydroxylation sites is 1. The zero-order chi connectivity index (χ0) is 58.7. The summed E-state index contributed by atoms with van der Waals surface area (Å²) in [6, 6.07) is -4.02. The van der Waals surface area contributed by atoms with Crippen LogP contribution in [0.4, 0.5) is 0 Å². The second-order valence-corrected chi connectivity index (χ2v) is 17.8. The number of aliphatic carboxylic acids is 2. The van der Waals surface area contributed by atoms with Crippen molar-refractivity contribution in [2.75, 3.05) is 32.7 Å². The minimum absolute atomic E-state index is 0.00685. The van der Waals surface area contributed by atoms with E-state index in [0.29, 0.717) is 25.7 Å². The van der Waals surface area contributed by atoms with Gasteiger partial charge in [-0.1, -0.05) is 12.1 Å². The minimum atomic E-state index is -1.61. The Kier molecular flexibility index (Phi) is 32.4. The molecule has 7 amide bonds. The van der Waals surface area contributed by atoms with E-state index in [4.69, 9.17) is 55.7 Å². The average molecular weight is 1110 g/mol. The molecule has 1 aromatic rings. The number of unbranched alkanes of at least 4 members (excludes halogenated alkanes) is 2. The van der Waals surface area contributed by atoms with Crippen LogP contribution in [-0.2, 0) is 43.2 Å². The van der Waals surface area contributed by atoms with Gasteiger partial charge in [0.25, 0.3) is 5.91 Å². The summed E-state index contributed by atoms with van der Waals surface area (Å²) in [5, 5.41) is 36.5. The van der Waals surface area contributed by atoms with Crippen molar-refractivity contribution in [3.8, 4) is 5.75 Å². The summed E-state index contributed by atoms with van der Waals surface area (Å²) in [4.78, 5) is 144. The lowest BCUT2D eigenvalue weighted by atomic mass is 10.0. The van der Waals surface area contributed by atoms with Crippen LogP contribution in [0.15, 0.2) is 39.2 Å². The molecule has 0 bridgehead atoms. The standard InChI is InChI=1S/C47H80N18O13/c1-26(37(69)60-32(16-10-24-57-46(52)53)41(73)63-30(14-6-8-22-49)43(75)65-34(44(76)77)19-20-36(67)68)59-39(71)31(15-9-23-56-45(50)51)64-40(72)29(13-5-7-21-48)62-42(74)33(17-11-25-58-47(54)55)61-38(70)28-12-3-4-18-35(28)78-27(2)66/h3-4,12,18,26,29-34H,5-11,13-17,19-25,48-49H2,1-2H3,(H,59,71)(H,60,69)(H,61,70)(H,62,74)(H,63,73)(H,64,72)(H,65,75)(H,67,68)(H,76,77)(H4,50,51,56)(H4,52,53,57)(H4,54,55,58)/t26-,29-,30-,31-,32-,33-,34-/m0/s1. The number of guanidine groups is 3. The van der Waals surface area contributed by atoms with E-state index < -0.39 is 114 Å². The molecule has 0 aliphatic carbocycles. The summed E-state index contributed by atoms with van der Waals surface area (Å²) in [6.07, 6.45) is 0.541. The van der Waals surface area contributed by atoms with Crippen LogP contribution in [0.2, 0.25) is 0 Å². The second-order valence-electron chi connectivity index (χ2n) is 17.8. The molecular formula is C47H80N18O13. The molecule has 436 valence electrons. The highest BCUT2D eigenvalue weighted by Gasteiger charge is 2.33. The Labute approximate surface area is 451 Å². The third kappa shape index (κ3) is 28.5. The van der Waals surface area contributed by atoms with E-state index in [1.807, 2.05) is 0 Å². The molecule has 25 N–H and O–H groups in total. The van der Waals surface area contributed by atoms with Crippen molar-refractivity contribution in [1.29, 1.82) is 0 Å².